The van der Waals surface area contributed by atoms with Crippen molar-refractivity contribution >= 4 is 54.7 Å². The predicted molar refractivity (Wildman–Crippen MR) is 85.9 cm³/mol. The van der Waals surface area contributed by atoms with Crippen molar-refractivity contribution in [3.63, 3.8) is 0 Å². The zero-order valence-electron chi connectivity index (χ0n) is 10.1. The molecule has 2 aromatic carbocycles. The molecule has 0 amide bonds. The molecule has 2 aromatic rings. The van der Waals surface area contributed by atoms with Crippen molar-refractivity contribution < 1.29 is 8.42 Å². The Morgan fingerprint density at radius 1 is 1.10 bits per heavy atom. The third-order valence-corrected chi connectivity index (χ3v) is 5.48. The van der Waals surface area contributed by atoms with Crippen molar-refractivity contribution in [1.82, 2.24) is 0 Å². The lowest BCUT2D eigenvalue weighted by Crippen LogP contribution is -2.08. The summed E-state index contributed by atoms with van der Waals surface area (Å²) in [6, 6.07) is 9.36. The molecule has 106 valence electrons. The molecule has 0 spiro atoms. The number of nitrogens with two attached hydrogens (primary N) is 1. The summed E-state index contributed by atoms with van der Waals surface area (Å²) in [7, 11) is -3.58. The molecule has 0 heterocycles. The van der Waals surface area contributed by atoms with Gasteiger partial charge in [-0.15, -0.1) is 0 Å². The summed E-state index contributed by atoms with van der Waals surface area (Å²) in [5, 5.41) is 0.776. The number of halogens is 3. The first-order chi connectivity index (χ1) is 9.29. The third-order valence-electron chi connectivity index (χ3n) is 2.67. The lowest BCUT2D eigenvalue weighted by molar-refractivity contribution is 0.595. The van der Waals surface area contributed by atoms with Gasteiger partial charge >= 0.3 is 0 Å². The van der Waals surface area contributed by atoms with Crippen molar-refractivity contribution in [1.29, 1.82) is 0 Å². The Morgan fingerprint density at radius 2 is 1.80 bits per heavy atom. The molecule has 0 fully saturated rings. The Balaban J connectivity index is 2.41. The molecule has 0 aromatic heterocycles. The maximum atomic E-state index is 12.4. The highest BCUT2D eigenvalue weighted by atomic mass is 79.9. The molecule has 0 aliphatic heterocycles. The predicted octanol–water partition coefficient (Wildman–Crippen LogP) is 4.31. The molecule has 2 N–H and O–H groups in total. The van der Waals surface area contributed by atoms with Crippen molar-refractivity contribution in [3.8, 4) is 0 Å². The first-order valence-corrected chi connectivity index (χ1v) is 8.71. The monoisotopic (exact) mass is 393 g/mol. The molecule has 7 heteroatoms. The summed E-state index contributed by atoms with van der Waals surface area (Å²) in [4.78, 5) is 0.0564. The average Bonchev–Trinajstić information content (AvgIpc) is 2.32. The van der Waals surface area contributed by atoms with Crippen LogP contribution in [0.15, 0.2) is 45.8 Å². The Hall–Kier alpha value is -0.750. The average molecular weight is 395 g/mol. The first-order valence-electron chi connectivity index (χ1n) is 5.51. The van der Waals surface area contributed by atoms with Crippen LogP contribution in [0.3, 0.4) is 0 Å². The van der Waals surface area contributed by atoms with Gasteiger partial charge in [0.25, 0.3) is 0 Å². The van der Waals surface area contributed by atoms with E-state index in [9.17, 15) is 8.42 Å². The van der Waals surface area contributed by atoms with E-state index in [1.165, 1.54) is 18.2 Å². The van der Waals surface area contributed by atoms with E-state index in [2.05, 4.69) is 15.9 Å². The number of hydrogen-bond donors (Lipinski definition) is 1. The summed E-state index contributed by atoms with van der Waals surface area (Å²) in [5.74, 6) is -0.217. The number of anilines is 1. The Bertz CT molecular complexity index is 763. The maximum absolute atomic E-state index is 12.4. The molecule has 20 heavy (non-hydrogen) atoms. The fraction of sp³-hybridized carbons (Fsp3) is 0.0769. The molecule has 0 atom stereocenters. The van der Waals surface area contributed by atoms with Gasteiger partial charge in [-0.2, -0.15) is 0 Å². The molecule has 0 radical (unpaired) electrons. The van der Waals surface area contributed by atoms with E-state index in [1.54, 1.807) is 18.2 Å². The van der Waals surface area contributed by atoms with Gasteiger partial charge in [0.1, 0.15) is 0 Å². The molecule has 0 saturated heterocycles. The minimum Gasteiger partial charge on any atom is -0.398 e. The van der Waals surface area contributed by atoms with Crippen LogP contribution in [0.1, 0.15) is 5.56 Å². The van der Waals surface area contributed by atoms with Crippen molar-refractivity contribution in [2.45, 2.75) is 10.6 Å². The van der Waals surface area contributed by atoms with Crippen LogP contribution >= 0.6 is 39.1 Å². The Kier molecular flexibility index (Phi) is 4.64. The number of rotatable bonds is 3. The highest BCUT2D eigenvalue weighted by Crippen LogP contribution is 2.28. The number of nitrogen functional groups attached to an aromatic ring is 1. The zero-order chi connectivity index (χ0) is 14.9. The second-order valence-corrected chi connectivity index (χ2v) is 7.89. The van der Waals surface area contributed by atoms with Crippen molar-refractivity contribution in [3.05, 3.63) is 56.5 Å². The largest absolute Gasteiger partial charge is 0.398 e. The first kappa shape index (κ1) is 15.6. The quantitative estimate of drug-likeness (QED) is 0.789. The number of hydrogen-bond acceptors (Lipinski definition) is 3. The number of sulfone groups is 1. The lowest BCUT2D eigenvalue weighted by atomic mass is 10.2. The highest BCUT2D eigenvalue weighted by Gasteiger charge is 2.20. The normalized spacial score (nSPS) is 11.6. The van der Waals surface area contributed by atoms with Crippen LogP contribution in [0.2, 0.25) is 10.0 Å². The molecule has 0 unspecified atom stereocenters. The summed E-state index contributed by atoms with van der Waals surface area (Å²) in [5.41, 5.74) is 6.37. The van der Waals surface area contributed by atoms with E-state index in [4.69, 9.17) is 28.9 Å². The maximum Gasteiger partial charge on any atom is 0.184 e. The van der Waals surface area contributed by atoms with Crippen molar-refractivity contribution in [2.75, 3.05) is 5.73 Å². The third kappa shape index (κ3) is 3.47. The van der Waals surface area contributed by atoms with Crippen molar-refractivity contribution in [2.24, 2.45) is 0 Å². The van der Waals surface area contributed by atoms with Gasteiger partial charge in [-0.05, 0) is 35.9 Å². The topological polar surface area (TPSA) is 60.2 Å². The molecular formula is C13H10BrCl2NO2S. The van der Waals surface area contributed by atoms with Gasteiger partial charge in [-0.25, -0.2) is 8.42 Å². The fourth-order valence-corrected chi connectivity index (χ4v) is 4.23. The van der Waals surface area contributed by atoms with Gasteiger partial charge in [-0.3, -0.25) is 0 Å². The fourth-order valence-electron chi connectivity index (χ4n) is 1.72. The van der Waals surface area contributed by atoms with Crippen LogP contribution in [0.4, 0.5) is 5.69 Å². The van der Waals surface area contributed by atoms with E-state index in [0.717, 1.165) is 4.47 Å². The standard InChI is InChI=1S/C13H10BrCl2NO2S/c14-9-2-1-8(11(16)5-9)7-20(18,19)13-4-3-10(15)6-12(13)17/h1-6H,7,17H2. The van der Waals surface area contributed by atoms with E-state index in [-0.39, 0.29) is 16.3 Å². The van der Waals surface area contributed by atoms with Crippen LogP contribution in [0.5, 0.6) is 0 Å². The van der Waals surface area contributed by atoms with Gasteiger partial charge in [0.05, 0.1) is 16.3 Å². The van der Waals surface area contributed by atoms with E-state index in [1.807, 2.05) is 0 Å². The van der Waals surface area contributed by atoms with Gasteiger partial charge in [-0.1, -0.05) is 45.2 Å². The van der Waals surface area contributed by atoms with Crippen LogP contribution in [-0.4, -0.2) is 8.42 Å². The molecular weight excluding hydrogens is 385 g/mol. The zero-order valence-corrected chi connectivity index (χ0v) is 14.0. The van der Waals surface area contributed by atoms with Gasteiger partial charge < -0.3 is 5.73 Å². The van der Waals surface area contributed by atoms with Crippen LogP contribution in [0, 0.1) is 0 Å². The summed E-state index contributed by atoms with van der Waals surface area (Å²) < 4.78 is 25.5. The van der Waals surface area contributed by atoms with Gasteiger partial charge in [0, 0.05) is 14.5 Å². The van der Waals surface area contributed by atoms with E-state index < -0.39 is 9.84 Å². The second kappa shape index (κ2) is 5.93. The van der Waals surface area contributed by atoms with Gasteiger partial charge in [0.15, 0.2) is 9.84 Å². The summed E-state index contributed by atoms with van der Waals surface area (Å²) in [6.07, 6.45) is 0. The Labute approximate surface area is 135 Å². The second-order valence-electron chi connectivity index (χ2n) is 4.18. The highest BCUT2D eigenvalue weighted by molar-refractivity contribution is 9.10. The molecule has 0 aliphatic carbocycles. The molecule has 2 rings (SSSR count). The molecule has 0 saturated carbocycles. The van der Waals surface area contributed by atoms with Crippen LogP contribution < -0.4 is 5.73 Å². The van der Waals surface area contributed by atoms with Crippen LogP contribution in [-0.2, 0) is 15.6 Å². The Morgan fingerprint density at radius 3 is 2.40 bits per heavy atom. The molecule has 3 nitrogen and oxygen atoms in total. The summed E-state index contributed by atoms with van der Waals surface area (Å²) in [6.45, 7) is 0. The summed E-state index contributed by atoms with van der Waals surface area (Å²) >= 11 is 15.1. The smallest absolute Gasteiger partial charge is 0.184 e. The molecule has 0 bridgehead atoms. The minimum atomic E-state index is -3.58. The van der Waals surface area contributed by atoms with Gasteiger partial charge in [0.2, 0.25) is 0 Å². The minimum absolute atomic E-state index is 0.0564. The van der Waals surface area contributed by atoms with E-state index >= 15 is 0 Å². The lowest BCUT2D eigenvalue weighted by Gasteiger charge is -2.09. The number of benzene rings is 2. The van der Waals surface area contributed by atoms with Crippen LogP contribution in [0.25, 0.3) is 0 Å². The molecule has 0 aliphatic rings. The SMILES string of the molecule is Nc1cc(Cl)ccc1S(=O)(=O)Cc1ccc(Br)cc1Cl. The van der Waals surface area contributed by atoms with E-state index in [0.29, 0.717) is 15.6 Å².